The Kier molecular flexibility index (Phi) is 9.10. The molecule has 0 unspecified atom stereocenters. The summed E-state index contributed by atoms with van der Waals surface area (Å²) in [4.78, 5) is 23.9. The van der Waals surface area contributed by atoms with Crippen LogP contribution in [0, 0.1) is 11.3 Å². The number of carbonyl (C=O) groups is 2. The summed E-state index contributed by atoms with van der Waals surface area (Å²) >= 11 is 3.39. The Hall–Kier alpha value is -3.31. The Bertz CT molecular complexity index is 1010. The third kappa shape index (κ3) is 6.86. The first kappa shape index (κ1) is 24.0. The van der Waals surface area contributed by atoms with Crippen LogP contribution in [0.15, 0.2) is 46.4 Å². The van der Waals surface area contributed by atoms with E-state index in [1.54, 1.807) is 31.2 Å². The molecule has 0 aliphatic rings. The zero-order chi connectivity index (χ0) is 22.8. The molecule has 0 saturated heterocycles. The Morgan fingerprint density at radius 1 is 1.16 bits per heavy atom. The van der Waals surface area contributed by atoms with Crippen LogP contribution in [0.3, 0.4) is 0 Å². The number of rotatable bonds is 9. The second-order valence-corrected chi connectivity index (χ2v) is 7.16. The molecule has 0 aliphatic heterocycles. The van der Waals surface area contributed by atoms with Crippen molar-refractivity contribution in [2.45, 2.75) is 20.3 Å². The SMILES string of the molecule is CCOc1cc(/C=C(\C#N)C(=O)Nc2ccc(CC)cc2)cc(Br)c1OCC(=O)OC. The topological polar surface area (TPSA) is 97.6 Å². The van der Waals surface area contributed by atoms with E-state index in [9.17, 15) is 14.9 Å². The number of carbonyl (C=O) groups excluding carboxylic acids is 2. The Morgan fingerprint density at radius 3 is 2.45 bits per heavy atom. The van der Waals surface area contributed by atoms with Crippen LogP contribution in [0.25, 0.3) is 6.08 Å². The van der Waals surface area contributed by atoms with Gasteiger partial charge in [-0.3, -0.25) is 4.79 Å². The normalized spacial score (nSPS) is 10.7. The molecule has 0 spiro atoms. The minimum atomic E-state index is -0.534. The molecule has 0 aromatic heterocycles. The molecule has 0 bridgehead atoms. The van der Waals surface area contributed by atoms with Crippen LogP contribution in [-0.4, -0.2) is 32.2 Å². The number of methoxy groups -OCH3 is 1. The summed E-state index contributed by atoms with van der Waals surface area (Å²) in [5, 5.41) is 12.2. The lowest BCUT2D eigenvalue weighted by atomic mass is 10.1. The van der Waals surface area contributed by atoms with E-state index in [0.717, 1.165) is 12.0 Å². The van der Waals surface area contributed by atoms with E-state index in [-0.39, 0.29) is 12.2 Å². The van der Waals surface area contributed by atoms with Gasteiger partial charge in [0.2, 0.25) is 0 Å². The number of halogens is 1. The van der Waals surface area contributed by atoms with Gasteiger partial charge < -0.3 is 19.5 Å². The predicted molar refractivity (Wildman–Crippen MR) is 121 cm³/mol. The molecule has 0 radical (unpaired) electrons. The molecule has 1 N–H and O–H groups in total. The number of nitrogens with zero attached hydrogens (tertiary/aromatic N) is 1. The van der Waals surface area contributed by atoms with Crippen LogP contribution in [0.2, 0.25) is 0 Å². The van der Waals surface area contributed by atoms with Gasteiger partial charge in [-0.2, -0.15) is 5.26 Å². The lowest BCUT2D eigenvalue weighted by Gasteiger charge is -2.14. The third-order valence-electron chi connectivity index (χ3n) is 4.19. The fraction of sp³-hybridized carbons (Fsp3) is 0.261. The van der Waals surface area contributed by atoms with Gasteiger partial charge >= 0.3 is 5.97 Å². The molecule has 0 aliphatic carbocycles. The number of nitrogens with one attached hydrogen (secondary N) is 1. The van der Waals surface area contributed by atoms with Crippen molar-refractivity contribution in [2.75, 3.05) is 25.6 Å². The highest BCUT2D eigenvalue weighted by atomic mass is 79.9. The van der Waals surface area contributed by atoms with Crippen LogP contribution in [0.1, 0.15) is 25.0 Å². The van der Waals surface area contributed by atoms with Crippen molar-refractivity contribution in [1.82, 2.24) is 0 Å². The highest BCUT2D eigenvalue weighted by molar-refractivity contribution is 9.10. The van der Waals surface area contributed by atoms with E-state index in [1.807, 2.05) is 25.1 Å². The van der Waals surface area contributed by atoms with Crippen molar-refractivity contribution < 1.29 is 23.8 Å². The van der Waals surface area contributed by atoms with Crippen LogP contribution in [0.5, 0.6) is 11.5 Å². The van der Waals surface area contributed by atoms with Gasteiger partial charge in [0, 0.05) is 5.69 Å². The van der Waals surface area contributed by atoms with Gasteiger partial charge in [-0.15, -0.1) is 0 Å². The van der Waals surface area contributed by atoms with E-state index in [2.05, 4.69) is 26.0 Å². The minimum Gasteiger partial charge on any atom is -0.490 e. The molecule has 162 valence electrons. The fourth-order valence-corrected chi connectivity index (χ4v) is 3.18. The molecular formula is C23H23BrN2O5. The number of hydrogen-bond acceptors (Lipinski definition) is 6. The molecular weight excluding hydrogens is 464 g/mol. The first-order valence-corrected chi connectivity index (χ1v) is 10.4. The summed E-state index contributed by atoms with van der Waals surface area (Å²) in [6.07, 6.45) is 2.35. The summed E-state index contributed by atoms with van der Waals surface area (Å²) in [6, 6.07) is 12.6. The lowest BCUT2D eigenvalue weighted by Crippen LogP contribution is -2.14. The van der Waals surface area contributed by atoms with Crippen molar-refractivity contribution in [3.63, 3.8) is 0 Å². The molecule has 7 nitrogen and oxygen atoms in total. The average molecular weight is 487 g/mol. The van der Waals surface area contributed by atoms with Crippen molar-refractivity contribution >= 4 is 39.6 Å². The molecule has 2 aromatic rings. The molecule has 8 heteroatoms. The lowest BCUT2D eigenvalue weighted by molar-refractivity contribution is -0.142. The Labute approximate surface area is 189 Å². The van der Waals surface area contributed by atoms with Crippen LogP contribution < -0.4 is 14.8 Å². The number of amides is 1. The number of ether oxygens (including phenoxy) is 3. The highest BCUT2D eigenvalue weighted by Crippen LogP contribution is 2.37. The number of hydrogen-bond donors (Lipinski definition) is 1. The summed E-state index contributed by atoms with van der Waals surface area (Å²) in [5.41, 5.74) is 2.23. The average Bonchev–Trinajstić information content (AvgIpc) is 2.77. The van der Waals surface area contributed by atoms with E-state index < -0.39 is 11.9 Å². The number of anilines is 1. The number of aryl methyl sites for hydroxylation is 1. The summed E-state index contributed by atoms with van der Waals surface area (Å²) < 4.78 is 16.2. The number of esters is 1. The standard InChI is InChI=1S/C23H23BrN2O5/c1-4-15-6-8-18(9-7-15)26-23(28)17(13-25)10-16-11-19(24)22(20(12-16)30-5-2)31-14-21(27)29-3/h6-12H,4-5,14H2,1-3H3,(H,26,28)/b17-10+. The summed E-state index contributed by atoms with van der Waals surface area (Å²) in [5.74, 6) is -0.371. The van der Waals surface area contributed by atoms with Gasteiger partial charge in [0.05, 0.1) is 18.2 Å². The maximum Gasteiger partial charge on any atom is 0.343 e. The van der Waals surface area contributed by atoms with E-state index >= 15 is 0 Å². The van der Waals surface area contributed by atoms with Gasteiger partial charge in [0.25, 0.3) is 5.91 Å². The number of benzene rings is 2. The largest absolute Gasteiger partial charge is 0.490 e. The van der Waals surface area contributed by atoms with Crippen LogP contribution in [0.4, 0.5) is 5.69 Å². The Morgan fingerprint density at radius 2 is 1.87 bits per heavy atom. The maximum atomic E-state index is 12.6. The zero-order valence-corrected chi connectivity index (χ0v) is 19.1. The number of nitriles is 1. The van der Waals surface area contributed by atoms with Gasteiger partial charge in [-0.1, -0.05) is 19.1 Å². The van der Waals surface area contributed by atoms with Crippen molar-refractivity contribution in [3.05, 3.63) is 57.6 Å². The van der Waals surface area contributed by atoms with Gasteiger partial charge in [0.15, 0.2) is 18.1 Å². The van der Waals surface area contributed by atoms with E-state index in [4.69, 9.17) is 9.47 Å². The molecule has 0 fully saturated rings. The predicted octanol–water partition coefficient (Wildman–Crippen LogP) is 4.51. The second kappa shape index (κ2) is 11.8. The van der Waals surface area contributed by atoms with Gasteiger partial charge in [-0.25, -0.2) is 4.79 Å². The highest BCUT2D eigenvalue weighted by Gasteiger charge is 2.16. The van der Waals surface area contributed by atoms with Gasteiger partial charge in [-0.05, 0) is 70.7 Å². The fourth-order valence-electron chi connectivity index (χ4n) is 2.60. The molecule has 31 heavy (non-hydrogen) atoms. The van der Waals surface area contributed by atoms with E-state index in [1.165, 1.54) is 13.2 Å². The third-order valence-corrected chi connectivity index (χ3v) is 4.78. The monoisotopic (exact) mass is 486 g/mol. The first-order valence-electron chi connectivity index (χ1n) is 9.59. The molecule has 0 heterocycles. The maximum absolute atomic E-state index is 12.6. The van der Waals surface area contributed by atoms with Gasteiger partial charge in [0.1, 0.15) is 11.6 Å². The van der Waals surface area contributed by atoms with Crippen LogP contribution >= 0.6 is 15.9 Å². The van der Waals surface area contributed by atoms with E-state index in [0.29, 0.717) is 33.8 Å². The molecule has 0 saturated carbocycles. The zero-order valence-electron chi connectivity index (χ0n) is 17.5. The second-order valence-electron chi connectivity index (χ2n) is 6.30. The molecule has 1 amide bonds. The van der Waals surface area contributed by atoms with Crippen molar-refractivity contribution in [3.8, 4) is 17.6 Å². The quantitative estimate of drug-likeness (QED) is 0.318. The first-order chi connectivity index (χ1) is 14.9. The van der Waals surface area contributed by atoms with Crippen LogP contribution in [-0.2, 0) is 20.7 Å². The molecule has 0 atom stereocenters. The smallest absolute Gasteiger partial charge is 0.343 e. The summed E-state index contributed by atoms with van der Waals surface area (Å²) in [7, 11) is 1.27. The van der Waals surface area contributed by atoms with Crippen molar-refractivity contribution in [1.29, 1.82) is 5.26 Å². The molecule has 2 aromatic carbocycles. The van der Waals surface area contributed by atoms with Crippen molar-refractivity contribution in [2.24, 2.45) is 0 Å². The minimum absolute atomic E-state index is 0.0721. The molecule has 2 rings (SSSR count). The Balaban J connectivity index is 2.28. The summed E-state index contributed by atoms with van der Waals surface area (Å²) in [6.45, 7) is 3.92.